The highest BCUT2D eigenvalue weighted by Gasteiger charge is 2.41. The molecule has 1 aliphatic carbocycles. The minimum absolute atomic E-state index is 0.00415. The van der Waals surface area contributed by atoms with Gasteiger partial charge < -0.3 is 10.1 Å². The molecule has 1 aromatic rings. The van der Waals surface area contributed by atoms with Crippen LogP contribution in [0.2, 0.25) is 0 Å². The van der Waals surface area contributed by atoms with Crippen LogP contribution in [0.1, 0.15) is 17.9 Å². The van der Waals surface area contributed by atoms with Gasteiger partial charge in [0.1, 0.15) is 12.4 Å². The van der Waals surface area contributed by atoms with E-state index in [1.165, 1.54) is 6.07 Å². The third-order valence-corrected chi connectivity index (χ3v) is 2.98. The van der Waals surface area contributed by atoms with Crippen molar-refractivity contribution in [3.63, 3.8) is 0 Å². The fourth-order valence-electron chi connectivity index (χ4n) is 2.00. The average molecular weight is 239 g/mol. The minimum atomic E-state index is -0.826. The van der Waals surface area contributed by atoms with Crippen LogP contribution in [0.15, 0.2) is 24.8 Å². The molecule has 0 radical (unpaired) electrons. The first-order chi connectivity index (χ1) is 8.19. The number of nitrogens with one attached hydrogen (secondary N) is 1. The molecule has 17 heavy (non-hydrogen) atoms. The molecule has 0 spiro atoms. The Kier molecular flexibility index (Phi) is 3.43. The van der Waals surface area contributed by atoms with Gasteiger partial charge in [0.15, 0.2) is 11.6 Å². The molecule has 1 saturated carbocycles. The molecule has 4 heteroatoms. The highest BCUT2D eigenvalue weighted by Crippen LogP contribution is 2.46. The third kappa shape index (κ3) is 2.31. The number of likely N-dealkylation sites (N-methyl/N-ethyl adjacent to an activating group) is 1. The monoisotopic (exact) mass is 239 g/mol. The van der Waals surface area contributed by atoms with Gasteiger partial charge in [-0.15, -0.1) is 0 Å². The summed E-state index contributed by atoms with van der Waals surface area (Å²) in [7, 11) is 1.81. The Bertz CT molecular complexity index is 434. The van der Waals surface area contributed by atoms with Crippen molar-refractivity contribution in [2.24, 2.45) is 0 Å². The van der Waals surface area contributed by atoms with Crippen LogP contribution in [0.5, 0.6) is 5.75 Å². The summed E-state index contributed by atoms with van der Waals surface area (Å²) in [6.45, 7) is 3.82. The average Bonchev–Trinajstić information content (AvgIpc) is 3.09. The van der Waals surface area contributed by atoms with Crippen LogP contribution >= 0.6 is 0 Å². The zero-order chi connectivity index (χ0) is 12.4. The van der Waals surface area contributed by atoms with Gasteiger partial charge in [-0.1, -0.05) is 12.7 Å². The van der Waals surface area contributed by atoms with Crippen molar-refractivity contribution in [1.29, 1.82) is 0 Å². The summed E-state index contributed by atoms with van der Waals surface area (Å²) in [5.74, 6) is -1.22. The van der Waals surface area contributed by atoms with Crippen LogP contribution in [-0.2, 0) is 0 Å². The predicted molar refractivity (Wildman–Crippen MR) is 62.3 cm³/mol. The van der Waals surface area contributed by atoms with Gasteiger partial charge in [-0.3, -0.25) is 0 Å². The molecule has 92 valence electrons. The zero-order valence-electron chi connectivity index (χ0n) is 9.67. The van der Waals surface area contributed by atoms with Crippen LogP contribution in [0.25, 0.3) is 0 Å². The van der Waals surface area contributed by atoms with E-state index < -0.39 is 11.6 Å². The van der Waals surface area contributed by atoms with Crippen LogP contribution in [0.3, 0.4) is 0 Å². The molecule has 1 N–H and O–H groups in total. The lowest BCUT2D eigenvalue weighted by molar-refractivity contribution is 0.352. The summed E-state index contributed by atoms with van der Waals surface area (Å²) in [6, 6.07) is 2.77. The maximum atomic E-state index is 13.8. The second-order valence-electron chi connectivity index (χ2n) is 4.11. The van der Waals surface area contributed by atoms with Crippen LogP contribution < -0.4 is 10.1 Å². The topological polar surface area (TPSA) is 21.3 Å². The maximum absolute atomic E-state index is 13.8. The highest BCUT2D eigenvalue weighted by atomic mass is 19.2. The molecule has 2 rings (SSSR count). The lowest BCUT2D eigenvalue weighted by atomic mass is 10.1. The number of rotatable bonds is 5. The predicted octanol–water partition coefficient (Wildman–Crippen LogP) is 2.60. The van der Waals surface area contributed by atoms with Gasteiger partial charge in [0.05, 0.1) is 0 Å². The Morgan fingerprint density at radius 1 is 1.53 bits per heavy atom. The van der Waals surface area contributed by atoms with Gasteiger partial charge >= 0.3 is 0 Å². The standard InChI is InChI=1S/C13H15F2NO/c1-3-6-17-11-5-4-9(14)13(15)12(11)8-7-10(8)16-2/h3-5,8,10,16H,1,6-7H2,2H3. The minimum Gasteiger partial charge on any atom is -0.489 e. The number of hydrogen-bond donors (Lipinski definition) is 1. The second-order valence-corrected chi connectivity index (χ2v) is 4.11. The van der Waals surface area contributed by atoms with E-state index in [4.69, 9.17) is 4.74 Å². The van der Waals surface area contributed by atoms with Crippen molar-refractivity contribution in [3.8, 4) is 5.75 Å². The van der Waals surface area contributed by atoms with Gasteiger partial charge in [-0.2, -0.15) is 0 Å². The summed E-state index contributed by atoms with van der Waals surface area (Å²) < 4.78 is 32.4. The molecule has 0 heterocycles. The molecule has 2 unspecified atom stereocenters. The van der Waals surface area contributed by atoms with Crippen LogP contribution in [-0.4, -0.2) is 19.7 Å². The van der Waals surface area contributed by atoms with E-state index >= 15 is 0 Å². The molecule has 1 fully saturated rings. The van der Waals surface area contributed by atoms with E-state index in [-0.39, 0.29) is 18.6 Å². The molecule has 0 amide bonds. The first-order valence-electron chi connectivity index (χ1n) is 5.58. The smallest absolute Gasteiger partial charge is 0.166 e. The van der Waals surface area contributed by atoms with Crippen molar-refractivity contribution >= 4 is 0 Å². The largest absolute Gasteiger partial charge is 0.489 e. The van der Waals surface area contributed by atoms with Crippen molar-refractivity contribution in [2.75, 3.05) is 13.7 Å². The zero-order valence-corrected chi connectivity index (χ0v) is 9.67. The van der Waals surface area contributed by atoms with Crippen LogP contribution in [0.4, 0.5) is 8.78 Å². The maximum Gasteiger partial charge on any atom is 0.166 e. The quantitative estimate of drug-likeness (QED) is 0.797. The fourth-order valence-corrected chi connectivity index (χ4v) is 2.00. The molecule has 0 saturated heterocycles. The van der Waals surface area contributed by atoms with Gasteiger partial charge in [-0.05, 0) is 25.6 Å². The normalized spacial score (nSPS) is 22.3. The number of ether oxygens (including phenoxy) is 1. The molecule has 2 nitrogen and oxygen atoms in total. The molecule has 1 aliphatic rings. The number of halogens is 2. The molecule has 0 aromatic heterocycles. The molecular formula is C13H15F2NO. The first-order valence-corrected chi connectivity index (χ1v) is 5.58. The van der Waals surface area contributed by atoms with E-state index in [1.54, 1.807) is 6.08 Å². The SMILES string of the molecule is C=CCOc1ccc(F)c(F)c1C1CC1NC. The Morgan fingerprint density at radius 3 is 2.88 bits per heavy atom. The van der Waals surface area contributed by atoms with Crippen molar-refractivity contribution in [3.05, 3.63) is 42.0 Å². The Labute approximate surface area is 99.3 Å². The van der Waals surface area contributed by atoms with Gasteiger partial charge in [0.25, 0.3) is 0 Å². The van der Waals surface area contributed by atoms with Gasteiger partial charge in [-0.25, -0.2) is 8.78 Å². The Balaban J connectivity index is 2.32. The summed E-state index contributed by atoms with van der Waals surface area (Å²) >= 11 is 0. The van der Waals surface area contributed by atoms with Crippen molar-refractivity contribution < 1.29 is 13.5 Å². The molecule has 2 atom stereocenters. The first kappa shape index (κ1) is 12.0. The summed E-state index contributed by atoms with van der Waals surface area (Å²) in [6.07, 6.45) is 2.38. The molecule has 0 aliphatic heterocycles. The Morgan fingerprint density at radius 2 is 2.29 bits per heavy atom. The second kappa shape index (κ2) is 4.84. The van der Waals surface area contributed by atoms with Crippen LogP contribution in [0, 0.1) is 11.6 Å². The number of hydrogen-bond acceptors (Lipinski definition) is 2. The van der Waals surface area contributed by atoms with E-state index in [9.17, 15) is 8.78 Å². The van der Waals surface area contributed by atoms with E-state index in [1.807, 2.05) is 7.05 Å². The molecule has 1 aromatic carbocycles. The summed E-state index contributed by atoms with van der Waals surface area (Å²) in [4.78, 5) is 0. The van der Waals surface area contributed by atoms with E-state index in [2.05, 4.69) is 11.9 Å². The summed E-state index contributed by atoms with van der Waals surface area (Å²) in [5, 5.41) is 3.05. The Hall–Kier alpha value is -1.42. The van der Waals surface area contributed by atoms with Gasteiger partial charge in [0, 0.05) is 17.5 Å². The molecular weight excluding hydrogens is 224 g/mol. The summed E-state index contributed by atoms with van der Waals surface area (Å²) in [5.41, 5.74) is 0.339. The fraction of sp³-hybridized carbons (Fsp3) is 0.385. The lowest BCUT2D eigenvalue weighted by Gasteiger charge is -2.11. The van der Waals surface area contributed by atoms with Crippen molar-refractivity contribution in [1.82, 2.24) is 5.32 Å². The van der Waals surface area contributed by atoms with Crippen molar-refractivity contribution in [2.45, 2.75) is 18.4 Å². The van der Waals surface area contributed by atoms with Gasteiger partial charge in [0.2, 0.25) is 0 Å². The third-order valence-electron chi connectivity index (χ3n) is 2.98. The van der Waals surface area contributed by atoms with E-state index in [0.29, 0.717) is 11.3 Å². The highest BCUT2D eigenvalue weighted by molar-refractivity contribution is 5.42. The molecule has 0 bridgehead atoms. The lowest BCUT2D eigenvalue weighted by Crippen LogP contribution is -2.12. The number of benzene rings is 1. The van der Waals surface area contributed by atoms with E-state index in [0.717, 1.165) is 12.5 Å².